The number of rotatable bonds is 15. The highest BCUT2D eigenvalue weighted by molar-refractivity contribution is 7.89. The summed E-state index contributed by atoms with van der Waals surface area (Å²) >= 11 is 0. The summed E-state index contributed by atoms with van der Waals surface area (Å²) in [4.78, 5) is 23.1. The molecule has 0 aromatic heterocycles. The van der Waals surface area contributed by atoms with Crippen LogP contribution in [0.2, 0.25) is 0 Å². The summed E-state index contributed by atoms with van der Waals surface area (Å²) in [7, 11) is -3.71. The Labute approximate surface area is 176 Å². The quantitative estimate of drug-likeness (QED) is 0.152. The third-order valence-electron chi connectivity index (χ3n) is 4.12. The number of carboxylic acid groups (broad SMARTS) is 1. The van der Waals surface area contributed by atoms with Gasteiger partial charge in [0.2, 0.25) is 15.9 Å². The zero-order valence-corrected chi connectivity index (χ0v) is 17.8. The van der Waals surface area contributed by atoms with Crippen LogP contribution in [0.3, 0.4) is 0 Å². The molecule has 0 radical (unpaired) electrons. The van der Waals surface area contributed by atoms with Crippen LogP contribution in [0.5, 0.6) is 5.75 Å². The predicted octanol–water partition coefficient (Wildman–Crippen LogP) is 0.809. The Kier molecular flexibility index (Phi) is 10.8. The molecule has 0 aliphatic carbocycles. The second-order valence-electron chi connectivity index (χ2n) is 6.73. The second-order valence-corrected chi connectivity index (χ2v) is 8.60. The smallest absolute Gasteiger partial charge is 0.323 e. The average Bonchev–Trinajstić information content (AvgIpc) is 2.69. The molecule has 10 nitrogen and oxygen atoms in total. The number of aliphatic carboxylic acids is 1. The zero-order chi connectivity index (χ0) is 22.6. The molecule has 168 valence electrons. The van der Waals surface area contributed by atoms with Crippen molar-refractivity contribution in [2.75, 3.05) is 18.9 Å². The lowest BCUT2D eigenvalue weighted by Crippen LogP contribution is -2.48. The van der Waals surface area contributed by atoms with E-state index in [-0.39, 0.29) is 30.5 Å². The van der Waals surface area contributed by atoms with Crippen molar-refractivity contribution < 1.29 is 27.9 Å². The topological polar surface area (TPSA) is 172 Å². The molecule has 1 rings (SSSR count). The van der Waals surface area contributed by atoms with Gasteiger partial charge in [0.05, 0.1) is 12.4 Å². The molecule has 0 spiro atoms. The minimum Gasteiger partial charge on any atom is -0.494 e. The highest BCUT2D eigenvalue weighted by atomic mass is 32.2. The predicted molar refractivity (Wildman–Crippen MR) is 113 cm³/mol. The average molecular weight is 443 g/mol. The van der Waals surface area contributed by atoms with E-state index in [1.165, 1.54) is 0 Å². The van der Waals surface area contributed by atoms with Gasteiger partial charge in [-0.05, 0) is 43.5 Å². The zero-order valence-electron chi connectivity index (χ0n) is 17.0. The molecule has 1 amide bonds. The first-order valence-corrected chi connectivity index (χ1v) is 11.4. The van der Waals surface area contributed by atoms with Crippen molar-refractivity contribution in [3.05, 3.63) is 29.8 Å². The second kappa shape index (κ2) is 12.8. The Morgan fingerprint density at radius 1 is 1.20 bits per heavy atom. The summed E-state index contributed by atoms with van der Waals surface area (Å²) in [5, 5.41) is 18.9. The fourth-order valence-electron chi connectivity index (χ4n) is 2.40. The lowest BCUT2D eigenvalue weighted by Gasteiger charge is -2.15. The highest BCUT2D eigenvalue weighted by Gasteiger charge is 2.24. The Hall–Kier alpha value is -2.66. The Bertz CT molecular complexity index is 811. The molecule has 6 N–H and O–H groups in total. The lowest BCUT2D eigenvalue weighted by atomic mass is 10.2. The number of amidine groups is 1. The number of carbonyl (C=O) groups excluding carboxylic acids is 1. The van der Waals surface area contributed by atoms with Gasteiger partial charge in [-0.3, -0.25) is 15.0 Å². The molecule has 0 aliphatic rings. The van der Waals surface area contributed by atoms with E-state index in [9.17, 15) is 18.0 Å². The summed E-state index contributed by atoms with van der Waals surface area (Å²) in [5.74, 6) is -1.26. The molecule has 1 aromatic rings. The number of carboxylic acids is 1. The maximum absolute atomic E-state index is 11.9. The number of amides is 1. The number of carbonyl (C=O) groups is 2. The number of unbranched alkanes of at least 4 members (excludes halogenated alkanes) is 2. The van der Waals surface area contributed by atoms with Crippen molar-refractivity contribution >= 4 is 27.7 Å². The molecule has 0 aliphatic heterocycles. The maximum atomic E-state index is 11.9. The number of sulfonamides is 1. The van der Waals surface area contributed by atoms with Gasteiger partial charge in [0, 0.05) is 18.5 Å². The van der Waals surface area contributed by atoms with Gasteiger partial charge >= 0.3 is 5.97 Å². The normalized spacial score (nSPS) is 12.2. The summed E-state index contributed by atoms with van der Waals surface area (Å²) in [5.41, 5.74) is 5.98. The van der Waals surface area contributed by atoms with E-state index in [1.54, 1.807) is 24.3 Å². The van der Waals surface area contributed by atoms with Gasteiger partial charge in [-0.1, -0.05) is 13.3 Å². The summed E-state index contributed by atoms with van der Waals surface area (Å²) in [6.45, 7) is 1.90. The first-order chi connectivity index (χ1) is 14.1. The minimum absolute atomic E-state index is 0.0218. The van der Waals surface area contributed by atoms with Gasteiger partial charge in [0.15, 0.2) is 0 Å². The summed E-state index contributed by atoms with van der Waals surface area (Å²) in [6, 6.07) is 5.37. The van der Waals surface area contributed by atoms with E-state index in [0.717, 1.165) is 0 Å². The van der Waals surface area contributed by atoms with Crippen molar-refractivity contribution in [2.24, 2.45) is 5.73 Å². The third-order valence-corrected chi connectivity index (χ3v) is 5.59. The number of benzene rings is 1. The van der Waals surface area contributed by atoms with E-state index in [0.29, 0.717) is 43.6 Å². The molecule has 1 atom stereocenters. The molecular weight excluding hydrogens is 412 g/mol. The van der Waals surface area contributed by atoms with Crippen LogP contribution in [0, 0.1) is 5.41 Å². The first kappa shape index (κ1) is 25.4. The first-order valence-electron chi connectivity index (χ1n) is 9.71. The molecule has 0 saturated carbocycles. The Morgan fingerprint density at radius 3 is 2.43 bits per heavy atom. The molecule has 0 fully saturated rings. The van der Waals surface area contributed by atoms with Crippen molar-refractivity contribution in [2.45, 2.75) is 45.1 Å². The van der Waals surface area contributed by atoms with Crippen LogP contribution < -0.4 is 20.5 Å². The minimum atomic E-state index is -3.71. The van der Waals surface area contributed by atoms with Crippen LogP contribution in [0.4, 0.5) is 0 Å². The van der Waals surface area contributed by atoms with Crippen LogP contribution in [-0.2, 0) is 19.6 Å². The van der Waals surface area contributed by atoms with Crippen LogP contribution in [-0.4, -0.2) is 56.2 Å². The number of nitrogens with two attached hydrogens (primary N) is 1. The maximum Gasteiger partial charge on any atom is 0.323 e. The number of ether oxygens (including phenoxy) is 1. The van der Waals surface area contributed by atoms with Crippen LogP contribution in [0.15, 0.2) is 24.3 Å². The number of nitrogen functional groups attached to an aromatic ring is 1. The largest absolute Gasteiger partial charge is 0.494 e. The Morgan fingerprint density at radius 2 is 1.87 bits per heavy atom. The summed E-state index contributed by atoms with van der Waals surface area (Å²) in [6.07, 6.45) is 2.40. The fourth-order valence-corrected chi connectivity index (χ4v) is 3.81. The molecule has 11 heteroatoms. The van der Waals surface area contributed by atoms with Crippen molar-refractivity contribution in [3.8, 4) is 5.75 Å². The van der Waals surface area contributed by atoms with Gasteiger partial charge in [-0.15, -0.1) is 0 Å². The molecular formula is C19H30N4O6S. The molecule has 30 heavy (non-hydrogen) atoms. The van der Waals surface area contributed by atoms with Gasteiger partial charge < -0.3 is 20.9 Å². The molecule has 0 heterocycles. The summed E-state index contributed by atoms with van der Waals surface area (Å²) < 4.78 is 31.3. The van der Waals surface area contributed by atoms with Gasteiger partial charge in [0.1, 0.15) is 17.6 Å². The van der Waals surface area contributed by atoms with E-state index in [2.05, 4.69) is 10.0 Å². The molecule has 0 unspecified atom stereocenters. The standard InChI is InChI=1S/C19H30N4O6S/c1-2-3-12-30(27,28)23-16(19(25)26)13-22-17(24)6-4-5-11-29-15-9-7-14(8-10-15)18(20)21/h7-10,16,23H,2-6,11-13H2,1H3,(H3,20,21)(H,22,24)(H,25,26)/t16-/m0/s1. The van der Waals surface area contributed by atoms with Gasteiger partial charge in [-0.2, -0.15) is 4.72 Å². The molecule has 0 saturated heterocycles. The van der Waals surface area contributed by atoms with E-state index < -0.39 is 22.0 Å². The van der Waals surface area contributed by atoms with Crippen LogP contribution in [0.25, 0.3) is 0 Å². The van der Waals surface area contributed by atoms with E-state index in [1.807, 2.05) is 6.92 Å². The van der Waals surface area contributed by atoms with Crippen LogP contribution >= 0.6 is 0 Å². The lowest BCUT2D eigenvalue weighted by molar-refractivity contribution is -0.138. The van der Waals surface area contributed by atoms with Gasteiger partial charge in [-0.25, -0.2) is 8.42 Å². The monoisotopic (exact) mass is 442 g/mol. The number of hydrogen-bond donors (Lipinski definition) is 5. The van der Waals surface area contributed by atoms with E-state index >= 15 is 0 Å². The fraction of sp³-hybridized carbons (Fsp3) is 0.526. The SMILES string of the molecule is CCCCS(=O)(=O)N[C@@H](CNC(=O)CCCCOc1ccc(C(=N)N)cc1)C(=O)O. The molecule has 0 bridgehead atoms. The number of nitrogens with one attached hydrogen (secondary N) is 3. The molecule has 1 aromatic carbocycles. The van der Waals surface area contributed by atoms with Gasteiger partial charge in [0.25, 0.3) is 0 Å². The Balaban J connectivity index is 2.29. The van der Waals surface area contributed by atoms with Crippen LogP contribution in [0.1, 0.15) is 44.6 Å². The van der Waals surface area contributed by atoms with Crippen molar-refractivity contribution in [1.29, 1.82) is 5.41 Å². The van der Waals surface area contributed by atoms with E-state index in [4.69, 9.17) is 21.0 Å². The highest BCUT2D eigenvalue weighted by Crippen LogP contribution is 2.12. The van der Waals surface area contributed by atoms with Crippen molar-refractivity contribution in [1.82, 2.24) is 10.0 Å². The van der Waals surface area contributed by atoms with Crippen molar-refractivity contribution in [3.63, 3.8) is 0 Å². The third kappa shape index (κ3) is 10.2. The number of hydrogen-bond acceptors (Lipinski definition) is 6.